The maximum absolute atomic E-state index is 11.9. The fourth-order valence-electron chi connectivity index (χ4n) is 2.14. The quantitative estimate of drug-likeness (QED) is 0.894. The molecule has 0 spiro atoms. The lowest BCUT2D eigenvalue weighted by Gasteiger charge is -2.10. The predicted octanol–water partition coefficient (Wildman–Crippen LogP) is 2.66. The molecule has 1 fully saturated rings. The van der Waals surface area contributed by atoms with Gasteiger partial charge in [-0.3, -0.25) is 4.79 Å². The maximum Gasteiger partial charge on any atom is 0.261 e. The minimum Gasteiger partial charge on any atom is -0.351 e. The summed E-state index contributed by atoms with van der Waals surface area (Å²) in [5.74, 6) is 0.0733. The van der Waals surface area contributed by atoms with Crippen molar-refractivity contribution in [3.8, 4) is 0 Å². The SMILES string of the molecule is Cc1cc(C(=O)NCC[C@H]2CCCN2)sc1C.Cl. The molecule has 1 saturated heterocycles. The van der Waals surface area contributed by atoms with Gasteiger partial charge < -0.3 is 10.6 Å². The summed E-state index contributed by atoms with van der Waals surface area (Å²) in [5.41, 5.74) is 1.21. The lowest BCUT2D eigenvalue weighted by Crippen LogP contribution is -2.30. The molecule has 0 saturated carbocycles. The van der Waals surface area contributed by atoms with Gasteiger partial charge in [-0.05, 0) is 51.3 Å². The number of thiophene rings is 1. The molecule has 1 aromatic rings. The molecule has 0 aromatic carbocycles. The molecule has 2 N–H and O–H groups in total. The maximum atomic E-state index is 11.9. The number of hydrogen-bond acceptors (Lipinski definition) is 3. The molecule has 1 aromatic heterocycles. The Bertz CT molecular complexity index is 380. The monoisotopic (exact) mass is 288 g/mol. The van der Waals surface area contributed by atoms with Crippen molar-refractivity contribution in [1.29, 1.82) is 0 Å². The van der Waals surface area contributed by atoms with Crippen LogP contribution in [-0.4, -0.2) is 25.0 Å². The van der Waals surface area contributed by atoms with Crippen LogP contribution in [0.5, 0.6) is 0 Å². The van der Waals surface area contributed by atoms with Gasteiger partial charge in [0.15, 0.2) is 0 Å². The van der Waals surface area contributed by atoms with E-state index in [-0.39, 0.29) is 18.3 Å². The van der Waals surface area contributed by atoms with Gasteiger partial charge in [-0.25, -0.2) is 0 Å². The lowest BCUT2D eigenvalue weighted by molar-refractivity contribution is 0.0956. The second-order valence-corrected chi connectivity index (χ2v) is 5.94. The van der Waals surface area contributed by atoms with Crippen LogP contribution in [0.2, 0.25) is 0 Å². The van der Waals surface area contributed by atoms with Crippen LogP contribution in [0.25, 0.3) is 0 Å². The Balaban J connectivity index is 0.00000162. The Hall–Kier alpha value is -0.580. The van der Waals surface area contributed by atoms with Gasteiger partial charge in [-0.2, -0.15) is 0 Å². The van der Waals surface area contributed by atoms with E-state index in [4.69, 9.17) is 0 Å². The van der Waals surface area contributed by atoms with Crippen molar-refractivity contribution in [2.75, 3.05) is 13.1 Å². The Labute approximate surface area is 119 Å². The van der Waals surface area contributed by atoms with Gasteiger partial charge in [-0.15, -0.1) is 23.7 Å². The summed E-state index contributed by atoms with van der Waals surface area (Å²) in [6.07, 6.45) is 3.55. The fourth-order valence-corrected chi connectivity index (χ4v) is 3.09. The second-order valence-electron chi connectivity index (χ2n) is 4.69. The number of rotatable bonds is 4. The van der Waals surface area contributed by atoms with Gasteiger partial charge >= 0.3 is 0 Å². The zero-order valence-electron chi connectivity index (χ0n) is 10.9. The molecule has 2 rings (SSSR count). The van der Waals surface area contributed by atoms with E-state index in [1.54, 1.807) is 11.3 Å². The topological polar surface area (TPSA) is 41.1 Å². The van der Waals surface area contributed by atoms with Crippen LogP contribution >= 0.6 is 23.7 Å². The molecule has 0 unspecified atom stereocenters. The number of aryl methyl sites for hydroxylation is 2. The van der Waals surface area contributed by atoms with Crippen LogP contribution in [-0.2, 0) is 0 Å². The van der Waals surface area contributed by atoms with Crippen molar-refractivity contribution in [3.05, 3.63) is 21.4 Å². The fraction of sp³-hybridized carbons (Fsp3) is 0.615. The number of nitrogens with one attached hydrogen (secondary N) is 2. The number of carbonyl (C=O) groups excluding carboxylic acids is 1. The smallest absolute Gasteiger partial charge is 0.261 e. The summed E-state index contributed by atoms with van der Waals surface area (Å²) in [7, 11) is 0. The molecule has 18 heavy (non-hydrogen) atoms. The summed E-state index contributed by atoms with van der Waals surface area (Å²) in [5, 5.41) is 6.43. The summed E-state index contributed by atoms with van der Waals surface area (Å²) in [4.78, 5) is 13.9. The number of amides is 1. The molecule has 3 nitrogen and oxygen atoms in total. The highest BCUT2D eigenvalue weighted by molar-refractivity contribution is 7.14. The molecule has 102 valence electrons. The summed E-state index contributed by atoms with van der Waals surface area (Å²) in [6.45, 7) is 6.00. The molecule has 5 heteroatoms. The van der Waals surface area contributed by atoms with Crippen molar-refractivity contribution in [2.45, 2.75) is 39.2 Å². The Morgan fingerprint density at radius 1 is 1.56 bits per heavy atom. The molecule has 0 bridgehead atoms. The minimum atomic E-state index is 0. The van der Waals surface area contributed by atoms with E-state index in [9.17, 15) is 4.79 Å². The van der Waals surface area contributed by atoms with E-state index in [0.717, 1.165) is 24.4 Å². The minimum absolute atomic E-state index is 0. The predicted molar refractivity (Wildman–Crippen MR) is 79.0 cm³/mol. The molecule has 1 aliphatic rings. The zero-order valence-corrected chi connectivity index (χ0v) is 12.5. The van der Waals surface area contributed by atoms with Crippen LogP contribution < -0.4 is 10.6 Å². The third-order valence-corrected chi connectivity index (χ3v) is 4.48. The van der Waals surface area contributed by atoms with Crippen molar-refractivity contribution in [2.24, 2.45) is 0 Å². The zero-order chi connectivity index (χ0) is 12.3. The normalized spacial score (nSPS) is 18.4. The molecule has 0 aliphatic carbocycles. The average Bonchev–Trinajstić information content (AvgIpc) is 2.90. The summed E-state index contributed by atoms with van der Waals surface area (Å²) in [6, 6.07) is 2.57. The Kier molecular flexibility index (Phi) is 6.12. The first-order chi connectivity index (χ1) is 8.16. The van der Waals surface area contributed by atoms with Crippen LogP contribution in [0.15, 0.2) is 6.07 Å². The Morgan fingerprint density at radius 2 is 2.33 bits per heavy atom. The lowest BCUT2D eigenvalue weighted by atomic mass is 10.1. The average molecular weight is 289 g/mol. The molecule has 0 radical (unpaired) electrons. The molecule has 1 amide bonds. The van der Waals surface area contributed by atoms with Gasteiger partial charge in [0.2, 0.25) is 0 Å². The molecular formula is C13H21ClN2OS. The van der Waals surface area contributed by atoms with Crippen molar-refractivity contribution < 1.29 is 4.79 Å². The van der Waals surface area contributed by atoms with E-state index < -0.39 is 0 Å². The standard InChI is InChI=1S/C13H20N2OS.ClH/c1-9-8-12(17-10(9)2)13(16)15-7-5-11-4-3-6-14-11;/h8,11,14H,3-7H2,1-2H3,(H,15,16);1H/t11-;/m1./s1. The van der Waals surface area contributed by atoms with Crippen LogP contribution in [0, 0.1) is 13.8 Å². The van der Waals surface area contributed by atoms with E-state index in [2.05, 4.69) is 17.6 Å². The van der Waals surface area contributed by atoms with Crippen LogP contribution in [0.4, 0.5) is 0 Å². The highest BCUT2D eigenvalue weighted by atomic mass is 35.5. The van der Waals surface area contributed by atoms with Crippen LogP contribution in [0.1, 0.15) is 39.4 Å². The van der Waals surface area contributed by atoms with E-state index in [0.29, 0.717) is 6.04 Å². The third-order valence-electron chi connectivity index (χ3n) is 3.33. The summed E-state index contributed by atoms with van der Waals surface area (Å²) >= 11 is 1.58. The molecule has 1 aliphatic heterocycles. The molecule has 2 heterocycles. The van der Waals surface area contributed by atoms with E-state index in [1.807, 2.05) is 13.0 Å². The number of hydrogen-bond donors (Lipinski definition) is 2. The Morgan fingerprint density at radius 3 is 2.89 bits per heavy atom. The first-order valence-corrected chi connectivity index (χ1v) is 7.07. The first kappa shape index (κ1) is 15.5. The molecule has 1 atom stereocenters. The van der Waals surface area contributed by atoms with E-state index >= 15 is 0 Å². The highest BCUT2D eigenvalue weighted by Gasteiger charge is 2.14. The van der Waals surface area contributed by atoms with Gasteiger partial charge in [0.25, 0.3) is 5.91 Å². The highest BCUT2D eigenvalue weighted by Crippen LogP contribution is 2.20. The van der Waals surface area contributed by atoms with E-state index in [1.165, 1.54) is 23.3 Å². The van der Waals surface area contributed by atoms with Crippen LogP contribution in [0.3, 0.4) is 0 Å². The van der Waals surface area contributed by atoms with Gasteiger partial charge in [-0.1, -0.05) is 0 Å². The van der Waals surface area contributed by atoms with Crippen molar-refractivity contribution in [3.63, 3.8) is 0 Å². The van der Waals surface area contributed by atoms with Crippen molar-refractivity contribution >= 4 is 29.7 Å². The molecular weight excluding hydrogens is 268 g/mol. The largest absolute Gasteiger partial charge is 0.351 e. The first-order valence-electron chi connectivity index (χ1n) is 6.25. The summed E-state index contributed by atoms with van der Waals surface area (Å²) < 4.78 is 0. The van der Waals surface area contributed by atoms with Gasteiger partial charge in [0.1, 0.15) is 0 Å². The second kappa shape index (κ2) is 7.12. The number of carbonyl (C=O) groups is 1. The van der Waals surface area contributed by atoms with Crippen molar-refractivity contribution in [1.82, 2.24) is 10.6 Å². The third kappa shape index (κ3) is 3.97. The van der Waals surface area contributed by atoms with Gasteiger partial charge in [0.05, 0.1) is 4.88 Å². The number of halogens is 1. The van der Waals surface area contributed by atoms with Gasteiger partial charge in [0, 0.05) is 17.5 Å².